The van der Waals surface area contributed by atoms with Crippen LogP contribution in [0.4, 0.5) is 0 Å². The minimum atomic E-state index is 0.206. The van der Waals surface area contributed by atoms with Gasteiger partial charge in [-0.25, -0.2) is 0 Å². The van der Waals surface area contributed by atoms with Gasteiger partial charge in [-0.2, -0.15) is 0 Å². The molecule has 0 saturated carbocycles. The van der Waals surface area contributed by atoms with Crippen molar-refractivity contribution in [2.75, 3.05) is 27.8 Å². The molecular weight excluding hydrogens is 262 g/mol. The van der Waals surface area contributed by atoms with Crippen molar-refractivity contribution in [1.82, 2.24) is 4.90 Å². The fourth-order valence-electron chi connectivity index (χ4n) is 3.16. The summed E-state index contributed by atoms with van der Waals surface area (Å²) >= 11 is 0. The molecule has 1 unspecified atom stereocenters. The molecule has 0 saturated heterocycles. The van der Waals surface area contributed by atoms with E-state index in [0.29, 0.717) is 6.04 Å². The summed E-state index contributed by atoms with van der Waals surface area (Å²) in [6.45, 7) is 3.08. The first-order valence-electron chi connectivity index (χ1n) is 7.68. The Morgan fingerprint density at radius 2 is 2.10 bits per heavy atom. The van der Waals surface area contributed by atoms with Crippen LogP contribution in [-0.2, 0) is 9.47 Å². The summed E-state index contributed by atoms with van der Waals surface area (Å²) in [6.07, 6.45) is 14.0. The number of ether oxygens (including phenoxy) is 2. The van der Waals surface area contributed by atoms with Gasteiger partial charge in [-0.15, -0.1) is 0 Å². The summed E-state index contributed by atoms with van der Waals surface area (Å²) < 4.78 is 11.1. The molecule has 3 nitrogen and oxygen atoms in total. The molecular formula is C18H27NO2. The maximum atomic E-state index is 5.61. The third kappa shape index (κ3) is 3.86. The van der Waals surface area contributed by atoms with Crippen molar-refractivity contribution in [3.63, 3.8) is 0 Å². The second-order valence-corrected chi connectivity index (χ2v) is 5.71. The lowest BCUT2D eigenvalue weighted by molar-refractivity contribution is 0.134. The first-order chi connectivity index (χ1) is 10.2. The molecule has 0 amide bonds. The standard InChI is InChI=1S/C18H27NO2/c1-5-7-15-13-17(19(2)11-10-18(15)21-4)14-8-6-9-16(12-14)20-3/h5-9,16-17H,10-13H2,1-4H3/b7-5-/t16-,17?/m0/s1. The van der Waals surface area contributed by atoms with Crippen LogP contribution in [0, 0.1) is 0 Å². The van der Waals surface area contributed by atoms with Gasteiger partial charge in [0.25, 0.3) is 0 Å². The zero-order valence-electron chi connectivity index (χ0n) is 13.6. The van der Waals surface area contributed by atoms with Crippen LogP contribution in [0.15, 0.2) is 47.3 Å². The molecule has 0 aromatic heterocycles. The molecule has 0 aromatic carbocycles. The van der Waals surface area contributed by atoms with Crippen LogP contribution in [0.2, 0.25) is 0 Å². The van der Waals surface area contributed by atoms with E-state index in [4.69, 9.17) is 9.47 Å². The summed E-state index contributed by atoms with van der Waals surface area (Å²) in [5.74, 6) is 1.12. The number of hydrogen-bond donors (Lipinski definition) is 0. The molecule has 2 rings (SSSR count). The van der Waals surface area contributed by atoms with E-state index >= 15 is 0 Å². The van der Waals surface area contributed by atoms with Gasteiger partial charge >= 0.3 is 0 Å². The molecule has 0 bridgehead atoms. The molecule has 3 heteroatoms. The van der Waals surface area contributed by atoms with E-state index in [1.54, 1.807) is 14.2 Å². The Labute approximate surface area is 128 Å². The van der Waals surface area contributed by atoms with Gasteiger partial charge in [-0.05, 0) is 38.0 Å². The predicted molar refractivity (Wildman–Crippen MR) is 87.1 cm³/mol. The van der Waals surface area contributed by atoms with Gasteiger partial charge in [0, 0.05) is 26.1 Å². The highest BCUT2D eigenvalue weighted by molar-refractivity contribution is 5.32. The van der Waals surface area contributed by atoms with Gasteiger partial charge in [0.2, 0.25) is 0 Å². The fraction of sp³-hybridized carbons (Fsp3) is 0.556. The molecule has 0 N–H and O–H groups in total. The van der Waals surface area contributed by atoms with Crippen molar-refractivity contribution in [3.05, 3.63) is 47.3 Å². The van der Waals surface area contributed by atoms with Crippen LogP contribution in [-0.4, -0.2) is 44.9 Å². The first kappa shape index (κ1) is 16.1. The number of allylic oxidation sites excluding steroid dienone is 4. The van der Waals surface area contributed by atoms with Gasteiger partial charge in [0.05, 0.1) is 13.2 Å². The Morgan fingerprint density at radius 1 is 1.29 bits per heavy atom. The highest BCUT2D eigenvalue weighted by atomic mass is 16.5. The topological polar surface area (TPSA) is 21.7 Å². The Hall–Kier alpha value is -1.32. The van der Waals surface area contributed by atoms with Crippen molar-refractivity contribution >= 4 is 0 Å². The quantitative estimate of drug-likeness (QED) is 0.791. The number of nitrogens with zero attached hydrogens (tertiary/aromatic N) is 1. The lowest BCUT2D eigenvalue weighted by Crippen LogP contribution is -2.35. The van der Waals surface area contributed by atoms with Crippen LogP contribution in [0.3, 0.4) is 0 Å². The molecule has 1 aliphatic carbocycles. The van der Waals surface area contributed by atoms with Crippen molar-refractivity contribution in [2.45, 2.75) is 38.3 Å². The molecule has 1 heterocycles. The lowest BCUT2D eigenvalue weighted by Gasteiger charge is -2.31. The highest BCUT2D eigenvalue weighted by Gasteiger charge is 2.27. The van der Waals surface area contributed by atoms with E-state index < -0.39 is 0 Å². The van der Waals surface area contributed by atoms with E-state index in [-0.39, 0.29) is 6.10 Å². The summed E-state index contributed by atoms with van der Waals surface area (Å²) in [6, 6.07) is 0.423. The summed E-state index contributed by atoms with van der Waals surface area (Å²) in [7, 11) is 5.77. The van der Waals surface area contributed by atoms with E-state index in [2.05, 4.69) is 49.3 Å². The summed E-state index contributed by atoms with van der Waals surface area (Å²) in [5.41, 5.74) is 2.77. The second-order valence-electron chi connectivity index (χ2n) is 5.71. The Balaban J connectivity index is 2.24. The van der Waals surface area contributed by atoms with Gasteiger partial charge in [0.1, 0.15) is 5.76 Å². The zero-order chi connectivity index (χ0) is 15.2. The van der Waals surface area contributed by atoms with Crippen molar-refractivity contribution in [1.29, 1.82) is 0 Å². The number of likely N-dealkylation sites (N-methyl/N-ethyl adjacent to an activating group) is 1. The molecule has 2 aliphatic rings. The van der Waals surface area contributed by atoms with E-state index in [0.717, 1.165) is 31.6 Å². The monoisotopic (exact) mass is 289 g/mol. The average Bonchev–Trinajstić information content (AvgIpc) is 2.67. The minimum absolute atomic E-state index is 0.206. The third-order valence-corrected chi connectivity index (χ3v) is 4.41. The molecule has 1 aliphatic heterocycles. The van der Waals surface area contributed by atoms with Crippen molar-refractivity contribution in [2.24, 2.45) is 0 Å². The third-order valence-electron chi connectivity index (χ3n) is 4.41. The maximum absolute atomic E-state index is 5.61. The smallest absolute Gasteiger partial charge is 0.100 e. The molecule has 116 valence electrons. The Morgan fingerprint density at radius 3 is 2.76 bits per heavy atom. The van der Waals surface area contributed by atoms with E-state index in [1.807, 2.05) is 0 Å². The van der Waals surface area contributed by atoms with E-state index in [9.17, 15) is 0 Å². The van der Waals surface area contributed by atoms with Gasteiger partial charge in [0.15, 0.2) is 0 Å². The van der Waals surface area contributed by atoms with Gasteiger partial charge < -0.3 is 9.47 Å². The maximum Gasteiger partial charge on any atom is 0.100 e. The first-order valence-corrected chi connectivity index (χ1v) is 7.68. The number of methoxy groups -OCH3 is 2. The minimum Gasteiger partial charge on any atom is -0.501 e. The van der Waals surface area contributed by atoms with Crippen LogP contribution in [0.5, 0.6) is 0 Å². The Kier molecular flexibility index (Phi) is 5.83. The van der Waals surface area contributed by atoms with Crippen LogP contribution in [0.25, 0.3) is 0 Å². The fourth-order valence-corrected chi connectivity index (χ4v) is 3.16. The average molecular weight is 289 g/mol. The molecule has 2 atom stereocenters. The van der Waals surface area contributed by atoms with Crippen molar-refractivity contribution < 1.29 is 9.47 Å². The summed E-state index contributed by atoms with van der Waals surface area (Å²) in [5, 5.41) is 0. The van der Waals surface area contributed by atoms with Crippen LogP contribution >= 0.6 is 0 Å². The molecule has 0 aromatic rings. The van der Waals surface area contributed by atoms with Crippen LogP contribution < -0.4 is 0 Å². The largest absolute Gasteiger partial charge is 0.501 e. The SMILES string of the molecule is C/C=C\C1=C(OC)CCN(C)C(C2=CC=C[C@H](OC)C2)C1. The van der Waals surface area contributed by atoms with E-state index in [1.165, 1.54) is 11.1 Å². The van der Waals surface area contributed by atoms with Crippen LogP contribution in [0.1, 0.15) is 26.2 Å². The zero-order valence-corrected chi connectivity index (χ0v) is 13.6. The number of rotatable bonds is 4. The van der Waals surface area contributed by atoms with Gasteiger partial charge in [-0.1, -0.05) is 30.4 Å². The molecule has 0 spiro atoms. The molecule has 0 fully saturated rings. The highest BCUT2D eigenvalue weighted by Crippen LogP contribution is 2.30. The normalized spacial score (nSPS) is 27.9. The van der Waals surface area contributed by atoms with Crippen molar-refractivity contribution in [3.8, 4) is 0 Å². The second kappa shape index (κ2) is 7.62. The lowest BCUT2D eigenvalue weighted by atomic mass is 9.91. The summed E-state index contributed by atoms with van der Waals surface area (Å²) in [4.78, 5) is 2.44. The Bertz CT molecular complexity index is 474. The molecule has 21 heavy (non-hydrogen) atoms. The van der Waals surface area contributed by atoms with Gasteiger partial charge in [-0.3, -0.25) is 4.90 Å². The molecule has 0 radical (unpaired) electrons. The number of hydrogen-bond acceptors (Lipinski definition) is 3. The predicted octanol–water partition coefficient (Wildman–Crippen LogP) is 3.46.